The van der Waals surface area contributed by atoms with Gasteiger partial charge in [-0.1, -0.05) is 0 Å². The maximum atomic E-state index is 12.6. The third-order valence-electron chi connectivity index (χ3n) is 5.88. The molecule has 1 aliphatic rings. The fourth-order valence-electron chi connectivity index (χ4n) is 4.00. The van der Waals surface area contributed by atoms with E-state index in [1.807, 2.05) is 12.3 Å². The van der Waals surface area contributed by atoms with Gasteiger partial charge in [-0.2, -0.15) is 5.26 Å². The van der Waals surface area contributed by atoms with Crippen molar-refractivity contribution in [3.8, 4) is 22.5 Å². The lowest BCUT2D eigenvalue weighted by Gasteiger charge is -2.31. The molecule has 0 aromatic carbocycles. The summed E-state index contributed by atoms with van der Waals surface area (Å²) in [6.45, 7) is 5.25. The van der Waals surface area contributed by atoms with Gasteiger partial charge in [0.1, 0.15) is 22.3 Å². The smallest absolute Gasteiger partial charge is 0.270 e. The highest BCUT2D eigenvalue weighted by atomic mass is 32.1. The SMILES string of the molecule is CCOc1nc(C(=O)NCC2CCN(Cc3cnc(-c4ccc[nH]c4=O)s3)CC2)cc(N)c1C#N. The van der Waals surface area contributed by atoms with Crippen molar-refractivity contribution >= 4 is 22.9 Å². The van der Waals surface area contributed by atoms with Crippen LogP contribution in [0.4, 0.5) is 5.69 Å². The number of amides is 1. The van der Waals surface area contributed by atoms with Gasteiger partial charge in [-0.3, -0.25) is 14.5 Å². The van der Waals surface area contributed by atoms with Gasteiger partial charge in [-0.25, -0.2) is 9.97 Å². The Kier molecular flexibility index (Phi) is 7.74. The van der Waals surface area contributed by atoms with E-state index >= 15 is 0 Å². The zero-order valence-corrected chi connectivity index (χ0v) is 20.2. The zero-order valence-electron chi connectivity index (χ0n) is 19.4. The van der Waals surface area contributed by atoms with Crippen LogP contribution >= 0.6 is 11.3 Å². The van der Waals surface area contributed by atoms with Gasteiger partial charge in [0.25, 0.3) is 11.5 Å². The molecule has 4 N–H and O–H groups in total. The molecule has 182 valence electrons. The van der Waals surface area contributed by atoms with E-state index in [9.17, 15) is 14.9 Å². The molecule has 4 rings (SSSR count). The highest BCUT2D eigenvalue weighted by Gasteiger charge is 2.22. The molecule has 1 saturated heterocycles. The van der Waals surface area contributed by atoms with Gasteiger partial charge in [0.15, 0.2) is 0 Å². The van der Waals surface area contributed by atoms with Crippen LogP contribution in [0.15, 0.2) is 35.4 Å². The third kappa shape index (κ3) is 5.85. The van der Waals surface area contributed by atoms with Crippen molar-refractivity contribution in [2.75, 3.05) is 32.0 Å². The number of aromatic amines is 1. The second-order valence-corrected chi connectivity index (χ2v) is 9.41. The molecule has 1 amide bonds. The number of nitrogen functional groups attached to an aromatic ring is 1. The molecular weight excluding hydrogens is 466 g/mol. The van der Waals surface area contributed by atoms with Crippen LogP contribution in [0.3, 0.4) is 0 Å². The lowest BCUT2D eigenvalue weighted by molar-refractivity contribution is 0.0929. The third-order valence-corrected chi connectivity index (χ3v) is 6.90. The second-order valence-electron chi connectivity index (χ2n) is 8.30. The summed E-state index contributed by atoms with van der Waals surface area (Å²) in [6, 6.07) is 6.95. The van der Waals surface area contributed by atoms with Crippen molar-refractivity contribution in [2.24, 2.45) is 5.92 Å². The number of ether oxygens (including phenoxy) is 1. The highest BCUT2D eigenvalue weighted by molar-refractivity contribution is 7.15. The number of piperidine rings is 1. The first kappa shape index (κ1) is 24.4. The number of thiazole rings is 1. The summed E-state index contributed by atoms with van der Waals surface area (Å²) >= 11 is 1.54. The molecule has 1 fully saturated rings. The lowest BCUT2D eigenvalue weighted by Crippen LogP contribution is -2.38. The van der Waals surface area contributed by atoms with E-state index in [0.29, 0.717) is 24.6 Å². The minimum Gasteiger partial charge on any atom is -0.477 e. The van der Waals surface area contributed by atoms with Crippen LogP contribution in [0.25, 0.3) is 10.6 Å². The fourth-order valence-corrected chi connectivity index (χ4v) is 4.98. The normalized spacial score (nSPS) is 14.4. The molecule has 11 heteroatoms. The summed E-state index contributed by atoms with van der Waals surface area (Å²) in [6.07, 6.45) is 5.36. The largest absolute Gasteiger partial charge is 0.477 e. The van der Waals surface area contributed by atoms with Crippen LogP contribution < -0.4 is 21.3 Å². The Morgan fingerprint density at radius 3 is 2.94 bits per heavy atom. The molecule has 4 heterocycles. The first-order valence-electron chi connectivity index (χ1n) is 11.4. The molecule has 1 aliphatic heterocycles. The summed E-state index contributed by atoms with van der Waals surface area (Å²) in [5.74, 6) is 0.103. The van der Waals surface area contributed by atoms with Crippen LogP contribution in [0.2, 0.25) is 0 Å². The van der Waals surface area contributed by atoms with Gasteiger partial charge < -0.3 is 20.8 Å². The second kappa shape index (κ2) is 11.1. The number of nitrogens with one attached hydrogen (secondary N) is 2. The van der Waals surface area contributed by atoms with Crippen molar-refractivity contribution in [3.05, 3.63) is 57.1 Å². The number of nitriles is 1. The molecule has 3 aromatic heterocycles. The number of aromatic nitrogens is 3. The van der Waals surface area contributed by atoms with Crippen molar-refractivity contribution in [1.29, 1.82) is 5.26 Å². The van der Waals surface area contributed by atoms with Crippen LogP contribution in [-0.2, 0) is 6.54 Å². The molecule has 10 nitrogen and oxygen atoms in total. The molecule has 35 heavy (non-hydrogen) atoms. The average molecular weight is 494 g/mol. The monoisotopic (exact) mass is 493 g/mol. The number of nitrogens with two attached hydrogens (primary N) is 1. The van der Waals surface area contributed by atoms with Gasteiger partial charge in [-0.15, -0.1) is 11.3 Å². The Hall–Kier alpha value is -3.75. The maximum Gasteiger partial charge on any atom is 0.270 e. The number of H-pyrrole nitrogens is 1. The summed E-state index contributed by atoms with van der Waals surface area (Å²) in [4.78, 5) is 39.4. The number of anilines is 1. The van der Waals surface area contributed by atoms with Crippen molar-refractivity contribution in [1.82, 2.24) is 25.2 Å². The Bertz CT molecular complexity index is 1290. The molecule has 0 spiro atoms. The number of carbonyl (C=O) groups excluding carboxylic acids is 1. The number of likely N-dealkylation sites (tertiary alicyclic amines) is 1. The molecule has 0 aliphatic carbocycles. The molecule has 3 aromatic rings. The number of carbonyl (C=O) groups is 1. The van der Waals surface area contributed by atoms with Crippen LogP contribution in [0.5, 0.6) is 5.88 Å². The van der Waals surface area contributed by atoms with E-state index in [2.05, 4.69) is 25.2 Å². The average Bonchev–Trinajstić information content (AvgIpc) is 3.32. The zero-order chi connectivity index (χ0) is 24.8. The first-order chi connectivity index (χ1) is 17.0. The highest BCUT2D eigenvalue weighted by Crippen LogP contribution is 2.26. The maximum absolute atomic E-state index is 12.6. The topological polar surface area (TPSA) is 150 Å². The Balaban J connectivity index is 1.27. The number of pyridine rings is 2. The summed E-state index contributed by atoms with van der Waals surface area (Å²) in [5.41, 5.74) is 6.82. The predicted molar refractivity (Wildman–Crippen MR) is 133 cm³/mol. The number of rotatable bonds is 8. The van der Waals surface area contributed by atoms with E-state index < -0.39 is 0 Å². The van der Waals surface area contributed by atoms with E-state index in [1.165, 1.54) is 17.4 Å². The molecule has 0 atom stereocenters. The quantitative estimate of drug-likeness (QED) is 0.433. The summed E-state index contributed by atoms with van der Waals surface area (Å²) in [7, 11) is 0. The number of nitrogens with zero attached hydrogens (tertiary/aromatic N) is 4. The minimum atomic E-state index is -0.335. The number of hydrogen-bond donors (Lipinski definition) is 3. The Labute approximate surface area is 206 Å². The van der Waals surface area contributed by atoms with Gasteiger partial charge >= 0.3 is 0 Å². The van der Waals surface area contributed by atoms with Crippen LogP contribution in [0.1, 0.15) is 40.7 Å². The van der Waals surface area contributed by atoms with Gasteiger partial charge in [-0.05, 0) is 57.0 Å². The molecule has 0 unspecified atom stereocenters. The van der Waals surface area contributed by atoms with Crippen molar-refractivity contribution in [2.45, 2.75) is 26.3 Å². The van der Waals surface area contributed by atoms with E-state index in [0.717, 1.165) is 42.4 Å². The Morgan fingerprint density at radius 2 is 2.23 bits per heavy atom. The van der Waals surface area contributed by atoms with Crippen molar-refractivity contribution in [3.63, 3.8) is 0 Å². The van der Waals surface area contributed by atoms with Crippen molar-refractivity contribution < 1.29 is 9.53 Å². The lowest BCUT2D eigenvalue weighted by atomic mass is 9.96. The van der Waals surface area contributed by atoms with Gasteiger partial charge in [0, 0.05) is 30.4 Å². The van der Waals surface area contributed by atoms with E-state index in [4.69, 9.17) is 10.5 Å². The fraction of sp³-hybridized carbons (Fsp3) is 0.375. The van der Waals surface area contributed by atoms with Gasteiger partial charge in [0.05, 0.1) is 17.9 Å². The molecule has 0 radical (unpaired) electrons. The van der Waals surface area contributed by atoms with Crippen LogP contribution in [-0.4, -0.2) is 52.0 Å². The Morgan fingerprint density at radius 1 is 1.43 bits per heavy atom. The summed E-state index contributed by atoms with van der Waals surface area (Å²) in [5, 5.41) is 12.9. The summed E-state index contributed by atoms with van der Waals surface area (Å²) < 4.78 is 5.37. The molecular formula is C24H27N7O3S. The number of hydrogen-bond acceptors (Lipinski definition) is 9. The predicted octanol–water partition coefficient (Wildman–Crippen LogP) is 2.39. The standard InChI is InChI=1S/C24H27N7O3S/c1-2-34-23-18(11-25)19(26)10-20(30-23)22(33)28-12-15-5-8-31(9-6-15)14-16-13-29-24(35-16)17-4-3-7-27-21(17)32/h3-4,7,10,13,15H,2,5-6,8-9,12,14H2,1H3,(H2,26,30)(H,27,32)(H,28,33). The minimum absolute atomic E-state index is 0.0801. The van der Waals surface area contributed by atoms with E-state index in [-0.39, 0.29) is 34.3 Å². The van der Waals surface area contributed by atoms with Crippen LogP contribution in [0, 0.1) is 17.2 Å². The molecule has 0 saturated carbocycles. The van der Waals surface area contributed by atoms with E-state index in [1.54, 1.807) is 25.3 Å². The first-order valence-corrected chi connectivity index (χ1v) is 12.3. The molecule has 0 bridgehead atoms. The van der Waals surface area contributed by atoms with Gasteiger partial charge in [0.2, 0.25) is 5.88 Å².